The molecule has 2 aromatic rings. The van der Waals surface area contributed by atoms with Gasteiger partial charge in [-0.2, -0.15) is 4.31 Å². The summed E-state index contributed by atoms with van der Waals surface area (Å²) in [6.45, 7) is 1.89. The summed E-state index contributed by atoms with van der Waals surface area (Å²) in [5.74, 6) is -0.414. The minimum Gasteiger partial charge on any atom is -0.265 e. The van der Waals surface area contributed by atoms with Gasteiger partial charge in [-0.3, -0.25) is 15.1 Å². The summed E-state index contributed by atoms with van der Waals surface area (Å²) in [7, 11) is -2.22. The highest BCUT2D eigenvalue weighted by molar-refractivity contribution is 7.88. The third kappa shape index (κ3) is 3.95. The second-order valence-electron chi connectivity index (χ2n) is 5.36. The molecule has 0 aliphatic heterocycles. The molecule has 0 saturated carbocycles. The van der Waals surface area contributed by atoms with Crippen LogP contribution >= 0.6 is 0 Å². The van der Waals surface area contributed by atoms with E-state index in [-0.39, 0.29) is 17.3 Å². The number of para-hydroxylation sites is 1. The van der Waals surface area contributed by atoms with Crippen LogP contribution in [0, 0.1) is 10.1 Å². The van der Waals surface area contributed by atoms with Crippen LogP contribution in [0.1, 0.15) is 30.5 Å². The first-order valence-electron chi connectivity index (χ1n) is 7.44. The van der Waals surface area contributed by atoms with Gasteiger partial charge < -0.3 is 0 Å². The van der Waals surface area contributed by atoms with Crippen LogP contribution < -0.4 is 0 Å². The molecule has 0 spiro atoms. The van der Waals surface area contributed by atoms with E-state index in [4.69, 9.17) is 0 Å². The van der Waals surface area contributed by atoms with Crippen LogP contribution in [-0.4, -0.2) is 29.7 Å². The van der Waals surface area contributed by atoms with E-state index >= 15 is 0 Å². The number of pyridine rings is 1. The fourth-order valence-electron chi connectivity index (χ4n) is 2.59. The summed E-state index contributed by atoms with van der Waals surface area (Å²) in [5.41, 5.74) is 0.825. The molecule has 0 fully saturated rings. The van der Waals surface area contributed by atoms with Crippen molar-refractivity contribution in [3.05, 3.63) is 70.0 Å². The highest BCUT2D eigenvalue weighted by Gasteiger charge is 2.29. The van der Waals surface area contributed by atoms with Crippen LogP contribution in [0.15, 0.2) is 48.8 Å². The molecule has 24 heavy (non-hydrogen) atoms. The van der Waals surface area contributed by atoms with E-state index in [1.807, 2.05) is 6.92 Å². The summed E-state index contributed by atoms with van der Waals surface area (Å²) in [5, 5.41) is 11.1. The van der Waals surface area contributed by atoms with Crippen molar-refractivity contribution in [2.24, 2.45) is 0 Å². The van der Waals surface area contributed by atoms with Gasteiger partial charge in [0.05, 0.1) is 10.7 Å². The third-order valence-corrected chi connectivity index (χ3v) is 5.69. The Labute approximate surface area is 141 Å². The molecule has 8 heteroatoms. The van der Waals surface area contributed by atoms with Crippen molar-refractivity contribution in [1.29, 1.82) is 0 Å². The number of nitro benzene ring substituents is 1. The second kappa shape index (κ2) is 7.50. The first kappa shape index (κ1) is 18.0. The van der Waals surface area contributed by atoms with Crippen LogP contribution in [0.2, 0.25) is 0 Å². The lowest BCUT2D eigenvalue weighted by molar-refractivity contribution is -0.385. The number of nitro groups is 1. The molecule has 0 aliphatic carbocycles. The smallest absolute Gasteiger partial charge is 0.265 e. The zero-order valence-electron chi connectivity index (χ0n) is 13.5. The molecule has 1 heterocycles. The molecule has 0 bridgehead atoms. The van der Waals surface area contributed by atoms with Crippen molar-refractivity contribution in [2.45, 2.75) is 25.1 Å². The molecule has 1 atom stereocenters. The number of nitrogens with zero attached hydrogens (tertiary/aromatic N) is 3. The van der Waals surface area contributed by atoms with Crippen LogP contribution in [0.3, 0.4) is 0 Å². The molecule has 2 rings (SSSR count). The van der Waals surface area contributed by atoms with Gasteiger partial charge in [0.1, 0.15) is 0 Å². The Hall–Kier alpha value is -2.32. The Morgan fingerprint density at radius 3 is 2.42 bits per heavy atom. The van der Waals surface area contributed by atoms with Crippen LogP contribution in [0.5, 0.6) is 0 Å². The fourth-order valence-corrected chi connectivity index (χ4v) is 4.09. The van der Waals surface area contributed by atoms with Crippen LogP contribution in [0.4, 0.5) is 5.69 Å². The lowest BCUT2D eigenvalue weighted by Crippen LogP contribution is -2.32. The molecule has 0 radical (unpaired) electrons. The summed E-state index contributed by atoms with van der Waals surface area (Å²) < 4.78 is 26.7. The molecule has 1 aromatic carbocycles. The number of aromatic nitrogens is 1. The highest BCUT2D eigenvalue weighted by Crippen LogP contribution is 2.28. The van der Waals surface area contributed by atoms with Gasteiger partial charge in [0.15, 0.2) is 0 Å². The Balaban J connectivity index is 2.31. The molecule has 0 amide bonds. The van der Waals surface area contributed by atoms with Gasteiger partial charge in [0, 0.05) is 37.1 Å². The quantitative estimate of drug-likeness (QED) is 0.566. The molecule has 0 saturated heterocycles. The summed E-state index contributed by atoms with van der Waals surface area (Å²) >= 11 is 0. The van der Waals surface area contributed by atoms with E-state index in [1.165, 1.54) is 29.6 Å². The van der Waals surface area contributed by atoms with Crippen molar-refractivity contribution in [2.75, 3.05) is 7.05 Å². The van der Waals surface area contributed by atoms with Crippen molar-refractivity contribution < 1.29 is 13.3 Å². The molecule has 1 unspecified atom stereocenters. The molecule has 0 aliphatic rings. The SMILES string of the molecule is CCC(c1ccncc1)N(C)S(=O)(=O)Cc1ccccc1[N+](=O)[O-]. The van der Waals surface area contributed by atoms with Gasteiger partial charge in [-0.05, 0) is 24.1 Å². The number of hydrogen-bond donors (Lipinski definition) is 0. The minimum absolute atomic E-state index is 0.180. The predicted molar refractivity (Wildman–Crippen MR) is 90.8 cm³/mol. The van der Waals surface area contributed by atoms with E-state index in [1.54, 1.807) is 30.6 Å². The monoisotopic (exact) mass is 349 g/mol. The lowest BCUT2D eigenvalue weighted by atomic mass is 10.1. The van der Waals surface area contributed by atoms with Gasteiger partial charge in [0.2, 0.25) is 10.0 Å². The summed E-state index contributed by atoms with van der Waals surface area (Å²) in [4.78, 5) is 14.5. The molecule has 1 aromatic heterocycles. The Morgan fingerprint density at radius 1 is 1.21 bits per heavy atom. The Bertz CT molecular complexity index is 809. The standard InChI is InChI=1S/C16H19N3O4S/c1-3-15(13-8-10-17-11-9-13)18(2)24(22,23)12-14-6-4-5-7-16(14)19(20)21/h4-11,15H,3,12H2,1-2H3. The van der Waals surface area contributed by atoms with E-state index in [9.17, 15) is 18.5 Å². The van der Waals surface area contributed by atoms with Gasteiger partial charge in [0.25, 0.3) is 5.69 Å². The average molecular weight is 349 g/mol. The van der Waals surface area contributed by atoms with E-state index in [2.05, 4.69) is 4.98 Å². The zero-order chi connectivity index (χ0) is 17.7. The maximum Gasteiger partial charge on any atom is 0.273 e. The molecule has 0 N–H and O–H groups in total. The molecular weight excluding hydrogens is 330 g/mol. The highest BCUT2D eigenvalue weighted by atomic mass is 32.2. The van der Waals surface area contributed by atoms with E-state index < -0.39 is 20.7 Å². The van der Waals surface area contributed by atoms with Gasteiger partial charge >= 0.3 is 0 Å². The number of rotatable bonds is 7. The predicted octanol–water partition coefficient (Wildman–Crippen LogP) is 2.90. The lowest BCUT2D eigenvalue weighted by Gasteiger charge is -2.26. The first-order chi connectivity index (χ1) is 11.4. The topological polar surface area (TPSA) is 93.4 Å². The summed E-state index contributed by atoms with van der Waals surface area (Å²) in [6.07, 6.45) is 3.80. The first-order valence-corrected chi connectivity index (χ1v) is 9.05. The van der Waals surface area contributed by atoms with Crippen molar-refractivity contribution in [1.82, 2.24) is 9.29 Å². The molecule has 7 nitrogen and oxygen atoms in total. The maximum absolute atomic E-state index is 12.7. The van der Waals surface area contributed by atoms with Crippen molar-refractivity contribution >= 4 is 15.7 Å². The van der Waals surface area contributed by atoms with Crippen LogP contribution in [-0.2, 0) is 15.8 Å². The Kier molecular flexibility index (Phi) is 5.63. The normalized spacial score (nSPS) is 13.0. The zero-order valence-corrected chi connectivity index (χ0v) is 14.3. The number of sulfonamides is 1. The van der Waals surface area contributed by atoms with Crippen molar-refractivity contribution in [3.63, 3.8) is 0 Å². The summed E-state index contributed by atoms with van der Waals surface area (Å²) in [6, 6.07) is 9.08. The van der Waals surface area contributed by atoms with E-state index in [0.717, 1.165) is 5.56 Å². The second-order valence-corrected chi connectivity index (χ2v) is 7.39. The average Bonchev–Trinajstić information content (AvgIpc) is 2.56. The Morgan fingerprint density at radius 2 is 1.83 bits per heavy atom. The van der Waals surface area contributed by atoms with E-state index in [0.29, 0.717) is 6.42 Å². The van der Waals surface area contributed by atoms with Crippen molar-refractivity contribution in [3.8, 4) is 0 Å². The molecule has 128 valence electrons. The van der Waals surface area contributed by atoms with Gasteiger partial charge in [-0.25, -0.2) is 8.42 Å². The van der Waals surface area contributed by atoms with Gasteiger partial charge in [-0.1, -0.05) is 25.1 Å². The van der Waals surface area contributed by atoms with Gasteiger partial charge in [-0.15, -0.1) is 0 Å². The third-order valence-electron chi connectivity index (χ3n) is 3.88. The number of hydrogen-bond acceptors (Lipinski definition) is 5. The molecular formula is C16H19N3O4S. The van der Waals surface area contributed by atoms with Crippen LogP contribution in [0.25, 0.3) is 0 Å². The largest absolute Gasteiger partial charge is 0.273 e. The maximum atomic E-state index is 12.7. The number of benzene rings is 1. The fraction of sp³-hybridized carbons (Fsp3) is 0.312. The minimum atomic E-state index is -3.72.